The zero-order chi connectivity index (χ0) is 15.5. The van der Waals surface area contributed by atoms with Gasteiger partial charge in [-0.2, -0.15) is 0 Å². The first-order valence-corrected chi connectivity index (χ1v) is 6.75. The van der Waals surface area contributed by atoms with Gasteiger partial charge in [-0.3, -0.25) is 0 Å². The number of benzene rings is 1. The second kappa shape index (κ2) is 5.85. The highest BCUT2D eigenvalue weighted by molar-refractivity contribution is 5.91. The number of oxazole rings is 1. The van der Waals surface area contributed by atoms with E-state index in [0.29, 0.717) is 28.6 Å². The monoisotopic (exact) mass is 298 g/mol. The fourth-order valence-corrected chi connectivity index (χ4v) is 2.07. The molecule has 0 N–H and O–H groups in total. The van der Waals surface area contributed by atoms with Gasteiger partial charge < -0.3 is 13.7 Å². The van der Waals surface area contributed by atoms with Crippen molar-refractivity contribution in [3.8, 4) is 11.5 Å². The van der Waals surface area contributed by atoms with Crippen molar-refractivity contribution in [3.05, 3.63) is 59.3 Å². The highest BCUT2D eigenvalue weighted by Gasteiger charge is 2.19. The van der Waals surface area contributed by atoms with Crippen LogP contribution in [0.3, 0.4) is 0 Å². The van der Waals surface area contributed by atoms with Crippen LogP contribution in [0.4, 0.5) is 0 Å². The van der Waals surface area contributed by atoms with Gasteiger partial charge in [0.2, 0.25) is 5.89 Å². The highest BCUT2D eigenvalue weighted by atomic mass is 16.5. The largest absolute Gasteiger partial charge is 0.455 e. The van der Waals surface area contributed by atoms with E-state index in [2.05, 4.69) is 10.1 Å². The molecule has 0 fully saturated rings. The van der Waals surface area contributed by atoms with Crippen LogP contribution in [0.25, 0.3) is 11.5 Å². The molecular formula is C16H14N2O4. The maximum absolute atomic E-state index is 12.0. The predicted molar refractivity (Wildman–Crippen MR) is 77.0 cm³/mol. The van der Waals surface area contributed by atoms with Crippen LogP contribution in [0.1, 0.15) is 27.5 Å². The predicted octanol–water partition coefficient (Wildman–Crippen LogP) is 3.30. The summed E-state index contributed by atoms with van der Waals surface area (Å²) in [6.07, 6.45) is 1.48. The highest BCUT2D eigenvalue weighted by Crippen LogP contribution is 2.19. The molecule has 0 bridgehead atoms. The van der Waals surface area contributed by atoms with Crippen molar-refractivity contribution in [2.75, 3.05) is 0 Å². The summed E-state index contributed by atoms with van der Waals surface area (Å²) >= 11 is 0. The summed E-state index contributed by atoms with van der Waals surface area (Å²) in [5, 5.41) is 3.73. The number of aryl methyl sites for hydroxylation is 2. The maximum atomic E-state index is 12.0. The molecule has 112 valence electrons. The lowest BCUT2D eigenvalue weighted by Gasteiger charge is -2.01. The van der Waals surface area contributed by atoms with Gasteiger partial charge in [-0.15, -0.1) is 0 Å². The second-order valence-corrected chi connectivity index (χ2v) is 4.79. The van der Waals surface area contributed by atoms with E-state index < -0.39 is 5.97 Å². The van der Waals surface area contributed by atoms with E-state index in [1.165, 1.54) is 6.26 Å². The van der Waals surface area contributed by atoms with Gasteiger partial charge in [0.1, 0.15) is 29.9 Å². The zero-order valence-electron chi connectivity index (χ0n) is 12.2. The van der Waals surface area contributed by atoms with E-state index in [1.807, 2.05) is 30.3 Å². The third-order valence-electron chi connectivity index (χ3n) is 3.16. The fraction of sp³-hybridized carbons (Fsp3) is 0.188. The molecule has 3 aromatic rings. The summed E-state index contributed by atoms with van der Waals surface area (Å²) < 4.78 is 15.6. The van der Waals surface area contributed by atoms with E-state index >= 15 is 0 Å². The minimum absolute atomic E-state index is 0.0270. The molecule has 3 rings (SSSR count). The lowest BCUT2D eigenvalue weighted by atomic mass is 10.2. The van der Waals surface area contributed by atoms with Crippen molar-refractivity contribution >= 4 is 5.97 Å². The molecule has 0 unspecified atom stereocenters. The first kappa shape index (κ1) is 14.1. The Hall–Kier alpha value is -2.89. The Kier molecular flexibility index (Phi) is 3.74. The molecular weight excluding hydrogens is 284 g/mol. The third-order valence-corrected chi connectivity index (χ3v) is 3.16. The van der Waals surface area contributed by atoms with Crippen molar-refractivity contribution in [1.29, 1.82) is 0 Å². The summed E-state index contributed by atoms with van der Waals surface area (Å²) in [6, 6.07) is 9.50. The quantitative estimate of drug-likeness (QED) is 0.688. The molecule has 6 nitrogen and oxygen atoms in total. The summed E-state index contributed by atoms with van der Waals surface area (Å²) in [6.45, 7) is 3.39. The van der Waals surface area contributed by atoms with E-state index in [4.69, 9.17) is 13.7 Å². The van der Waals surface area contributed by atoms with Gasteiger partial charge in [-0.05, 0) is 26.0 Å². The normalized spacial score (nSPS) is 10.6. The van der Waals surface area contributed by atoms with Crippen LogP contribution < -0.4 is 0 Å². The average Bonchev–Trinajstić information content (AvgIpc) is 3.13. The van der Waals surface area contributed by atoms with Gasteiger partial charge in [0.25, 0.3) is 0 Å². The molecule has 22 heavy (non-hydrogen) atoms. The molecule has 0 saturated heterocycles. The number of aromatic nitrogens is 2. The summed E-state index contributed by atoms with van der Waals surface area (Å²) in [7, 11) is 0. The minimum atomic E-state index is -0.486. The Labute approximate surface area is 126 Å². The lowest BCUT2D eigenvalue weighted by Crippen LogP contribution is -2.07. The number of carbonyl (C=O) groups excluding carboxylic acids is 1. The molecule has 2 aromatic heterocycles. The van der Waals surface area contributed by atoms with Crippen molar-refractivity contribution < 1.29 is 18.5 Å². The molecule has 0 aliphatic rings. The molecule has 0 atom stereocenters. The SMILES string of the molecule is Cc1noc(C)c1C(=O)OCc1coc(-c2ccccc2)n1. The number of ether oxygens (including phenoxy) is 1. The van der Waals surface area contributed by atoms with Gasteiger partial charge in [0, 0.05) is 5.56 Å². The number of hydrogen-bond acceptors (Lipinski definition) is 6. The van der Waals surface area contributed by atoms with E-state index in [9.17, 15) is 4.79 Å². The van der Waals surface area contributed by atoms with Crippen molar-refractivity contribution in [2.24, 2.45) is 0 Å². The summed E-state index contributed by atoms with van der Waals surface area (Å²) in [4.78, 5) is 16.3. The number of esters is 1. The molecule has 2 heterocycles. The first-order chi connectivity index (χ1) is 10.6. The molecule has 0 amide bonds. The Morgan fingerprint density at radius 2 is 2.00 bits per heavy atom. The van der Waals surface area contributed by atoms with Crippen LogP contribution in [0.15, 0.2) is 45.5 Å². The van der Waals surface area contributed by atoms with Gasteiger partial charge >= 0.3 is 5.97 Å². The number of rotatable bonds is 4. The van der Waals surface area contributed by atoms with Gasteiger partial charge in [-0.25, -0.2) is 9.78 Å². The Morgan fingerprint density at radius 3 is 2.68 bits per heavy atom. The summed E-state index contributed by atoms with van der Waals surface area (Å²) in [5.41, 5.74) is 2.27. The average molecular weight is 298 g/mol. The van der Waals surface area contributed by atoms with Crippen LogP contribution in [0.5, 0.6) is 0 Å². The second-order valence-electron chi connectivity index (χ2n) is 4.79. The van der Waals surface area contributed by atoms with Crippen LogP contribution in [0, 0.1) is 13.8 Å². The van der Waals surface area contributed by atoms with Crippen molar-refractivity contribution in [1.82, 2.24) is 10.1 Å². The maximum Gasteiger partial charge on any atom is 0.344 e. The Bertz CT molecular complexity index is 770. The molecule has 6 heteroatoms. The van der Waals surface area contributed by atoms with Crippen LogP contribution in [-0.2, 0) is 11.3 Å². The topological polar surface area (TPSA) is 78.4 Å². The molecule has 0 saturated carbocycles. The number of carbonyl (C=O) groups is 1. The van der Waals surface area contributed by atoms with Gasteiger partial charge in [-0.1, -0.05) is 23.4 Å². The standard InChI is InChI=1S/C16H14N2O4/c1-10-14(11(2)22-18-10)16(19)21-9-13-8-20-15(17-13)12-6-4-3-5-7-12/h3-8H,9H2,1-2H3. The third kappa shape index (κ3) is 2.76. The van der Waals surface area contributed by atoms with Crippen LogP contribution in [-0.4, -0.2) is 16.1 Å². The van der Waals surface area contributed by atoms with Crippen LogP contribution in [0.2, 0.25) is 0 Å². The Morgan fingerprint density at radius 1 is 1.23 bits per heavy atom. The van der Waals surface area contributed by atoms with Crippen LogP contribution >= 0.6 is 0 Å². The smallest absolute Gasteiger partial charge is 0.344 e. The minimum Gasteiger partial charge on any atom is -0.455 e. The zero-order valence-corrected chi connectivity index (χ0v) is 12.2. The van der Waals surface area contributed by atoms with E-state index in [0.717, 1.165) is 5.56 Å². The number of nitrogens with zero attached hydrogens (tertiary/aromatic N) is 2. The Balaban J connectivity index is 1.68. The van der Waals surface area contributed by atoms with Gasteiger partial charge in [0.15, 0.2) is 0 Å². The number of hydrogen-bond donors (Lipinski definition) is 0. The molecule has 0 spiro atoms. The van der Waals surface area contributed by atoms with Gasteiger partial charge in [0.05, 0.1) is 5.69 Å². The van der Waals surface area contributed by atoms with E-state index in [1.54, 1.807) is 13.8 Å². The molecule has 1 aromatic carbocycles. The molecule has 0 radical (unpaired) electrons. The van der Waals surface area contributed by atoms with E-state index in [-0.39, 0.29) is 6.61 Å². The molecule has 0 aliphatic carbocycles. The van der Waals surface area contributed by atoms with Crippen molar-refractivity contribution in [2.45, 2.75) is 20.5 Å². The first-order valence-electron chi connectivity index (χ1n) is 6.75. The fourth-order valence-electron chi connectivity index (χ4n) is 2.07. The van der Waals surface area contributed by atoms with Crippen molar-refractivity contribution in [3.63, 3.8) is 0 Å². The lowest BCUT2D eigenvalue weighted by molar-refractivity contribution is 0.0465. The molecule has 0 aliphatic heterocycles. The summed E-state index contributed by atoms with van der Waals surface area (Å²) in [5.74, 6) is 0.442.